The molecule has 6 aromatic carbocycles. The molecule has 0 saturated heterocycles. The number of benzene rings is 6. The number of carbonyl (C=O) groups is 6. The van der Waals surface area contributed by atoms with Crippen molar-refractivity contribution in [3.63, 3.8) is 0 Å². The highest BCUT2D eigenvalue weighted by Gasteiger charge is 2.51. The van der Waals surface area contributed by atoms with Crippen LogP contribution in [0.2, 0.25) is 0 Å². The zero-order chi connectivity index (χ0) is 102. The Labute approximate surface area is 792 Å². The molecule has 132 heavy (non-hydrogen) atoms. The molecule has 0 radical (unpaired) electrons. The van der Waals surface area contributed by atoms with Crippen LogP contribution < -0.4 is 27.1 Å². The fourth-order valence-electron chi connectivity index (χ4n) is 11.5. The molecule has 0 N–H and O–H groups in total. The van der Waals surface area contributed by atoms with E-state index in [2.05, 4.69) is 0 Å². The molecule has 0 fully saturated rings. The Bertz CT molecular complexity index is 4310. The van der Waals surface area contributed by atoms with Crippen molar-refractivity contribution in [2.24, 2.45) is 34.0 Å². The van der Waals surface area contributed by atoms with E-state index < -0.39 is 109 Å². The van der Waals surface area contributed by atoms with E-state index >= 15 is 0 Å². The summed E-state index contributed by atoms with van der Waals surface area (Å²) >= 11 is 0. The molecule has 6 aromatic rings. The molecule has 30 heteroatoms. The van der Waals surface area contributed by atoms with Crippen molar-refractivity contribution in [2.45, 2.75) is 299 Å². The van der Waals surface area contributed by atoms with Crippen LogP contribution in [0.1, 0.15) is 249 Å². The van der Waals surface area contributed by atoms with E-state index in [1.54, 1.807) is 197 Å². The van der Waals surface area contributed by atoms with E-state index in [1.165, 1.54) is 0 Å². The first kappa shape index (κ1) is 122. The van der Waals surface area contributed by atoms with E-state index in [4.69, 9.17) is 55.6 Å². The van der Waals surface area contributed by atoms with Gasteiger partial charge in [0.2, 0.25) is 0 Å². The van der Waals surface area contributed by atoms with Gasteiger partial charge in [-0.15, -0.1) is 0 Å². The molecule has 0 spiro atoms. The second-order valence-corrected chi connectivity index (χ2v) is 60.8. The highest BCUT2D eigenvalue weighted by Crippen LogP contribution is 2.66. The summed E-state index contributed by atoms with van der Waals surface area (Å²) in [6.07, 6.45) is 0.291. The van der Waals surface area contributed by atoms with Gasteiger partial charge in [0, 0.05) is 49.4 Å². The molecular formula is C102H162O24P6. The molecule has 0 saturated carbocycles. The summed E-state index contributed by atoms with van der Waals surface area (Å²) in [5.74, 6) is -0.0928. The first-order valence-corrected chi connectivity index (χ1v) is 56.2. The third-order valence-electron chi connectivity index (χ3n) is 20.2. The van der Waals surface area contributed by atoms with Crippen LogP contribution in [0.3, 0.4) is 0 Å². The Morgan fingerprint density at radius 1 is 0.235 bits per heavy atom. The van der Waals surface area contributed by atoms with Crippen LogP contribution in [0.4, 0.5) is 0 Å². The highest BCUT2D eigenvalue weighted by atomic mass is 31.2. The Morgan fingerprint density at radius 2 is 0.371 bits per heavy atom. The fraction of sp³-hybridized carbons (Fsp3) is 0.588. The van der Waals surface area contributed by atoms with Gasteiger partial charge in [-0.2, -0.15) is 0 Å². The van der Waals surface area contributed by atoms with Gasteiger partial charge in [-0.05, 0) is 177 Å². The van der Waals surface area contributed by atoms with Gasteiger partial charge in [0.15, 0.2) is 0 Å². The zero-order valence-corrected chi connectivity index (χ0v) is 91.5. The minimum Gasteiger partial charge on any atom is -0.466 e. The number of hydrogen-bond acceptors (Lipinski definition) is 24. The van der Waals surface area contributed by atoms with Crippen molar-refractivity contribution in [1.82, 2.24) is 0 Å². The average Bonchev–Trinajstić information content (AvgIpc) is 0.778. The van der Waals surface area contributed by atoms with E-state index in [-0.39, 0.29) is 91.1 Å². The van der Waals surface area contributed by atoms with Crippen LogP contribution in [-0.4, -0.2) is 142 Å². The zero-order valence-electron chi connectivity index (χ0n) is 86.1. The molecule has 6 rings (SSSR count). The van der Waals surface area contributed by atoms with Crippen LogP contribution in [0.5, 0.6) is 34.5 Å². The fourth-order valence-corrected chi connectivity index (χ4v) is 25.5. The molecule has 0 aliphatic heterocycles. The Hall–Kier alpha value is -7.68. The molecule has 0 aliphatic rings. The lowest BCUT2D eigenvalue weighted by atomic mass is 9.97. The van der Waals surface area contributed by atoms with Crippen molar-refractivity contribution in [3.8, 4) is 34.5 Å². The van der Waals surface area contributed by atoms with Gasteiger partial charge in [-0.1, -0.05) is 255 Å². The molecule has 0 aliphatic carbocycles. The molecule has 2 unspecified atom stereocenters. The maximum atomic E-state index is 13.6. The molecular weight excluding hydrogens is 1790 g/mol. The number of hydrogen-bond donors (Lipinski definition) is 0. The van der Waals surface area contributed by atoms with Crippen LogP contribution in [0, 0.1) is 34.0 Å². The van der Waals surface area contributed by atoms with E-state index in [1.807, 2.05) is 234 Å². The minimum atomic E-state index is -3.14. The molecule has 9 atom stereocenters. The molecule has 0 bridgehead atoms. The normalized spacial score (nSPS) is 15.5. The van der Waals surface area contributed by atoms with E-state index in [0.717, 1.165) is 0 Å². The lowest BCUT2D eigenvalue weighted by Crippen LogP contribution is -2.36. The van der Waals surface area contributed by atoms with Gasteiger partial charge in [0.1, 0.15) is 34.5 Å². The maximum absolute atomic E-state index is 13.6. The van der Waals surface area contributed by atoms with Gasteiger partial charge < -0.3 is 55.6 Å². The van der Waals surface area contributed by atoms with Crippen molar-refractivity contribution < 1.29 is 112 Å². The van der Waals surface area contributed by atoms with Crippen LogP contribution in [-0.2, 0) is 84.6 Å². The summed E-state index contributed by atoms with van der Waals surface area (Å²) < 4.78 is 147. The third kappa shape index (κ3) is 41.5. The van der Waals surface area contributed by atoms with E-state index in [9.17, 15) is 56.2 Å². The SMILES string of the molecule is CC(C)OC(=O)C(C)(C)CP(=O)(Oc1ccccc1)C(C)(C)C.CC(C)OC(=O)C(C)(C)C[P@@](=O)(Oc1ccccc1)C(C)(C)C.CC(C)OC(=O)C(C)(C)C[P@](=O)(Oc1ccccc1)C(C)(C)C.CCOC(=O)[C@H](C)CP(=O)(Oc1ccccc1)C(C)(C)C.CCOC(=O)[C@H](C)C[P@@](=O)(Oc1ccccc1)C(C)(C)C.CCOC(=O)[C@H](C)C[P@](=O)(Oc1ccccc1)C(C)(C)C. The first-order chi connectivity index (χ1) is 60.2. The van der Waals surface area contributed by atoms with Crippen LogP contribution in [0.25, 0.3) is 0 Å². The first-order valence-electron chi connectivity index (χ1n) is 45.4. The summed E-state index contributed by atoms with van der Waals surface area (Å²) in [6.45, 7) is 66.5. The molecule has 0 amide bonds. The Kier molecular flexibility index (Phi) is 48.7. The monoisotopic (exact) mass is 1960 g/mol. The minimum absolute atomic E-state index is 0.129. The quantitative estimate of drug-likeness (QED) is 0.0200. The smallest absolute Gasteiger partial charge is 0.312 e. The van der Waals surface area contributed by atoms with Crippen molar-refractivity contribution >= 4 is 80.0 Å². The van der Waals surface area contributed by atoms with Crippen LogP contribution in [0.15, 0.2) is 182 Å². The molecule has 24 nitrogen and oxygen atoms in total. The number of carbonyl (C=O) groups excluding carboxylic acids is 6. The summed E-state index contributed by atoms with van der Waals surface area (Å²) in [4.78, 5) is 72.4. The van der Waals surface area contributed by atoms with Gasteiger partial charge in [-0.25, -0.2) is 0 Å². The van der Waals surface area contributed by atoms with Crippen molar-refractivity contribution in [1.29, 1.82) is 0 Å². The number of ether oxygens (including phenoxy) is 6. The number of para-hydroxylation sites is 6. The Morgan fingerprint density at radius 3 is 0.492 bits per heavy atom. The standard InChI is InChI=1S/3C18H29O4P.3C16H25O4P/c3*1-14(2)21-16(19)18(6,7)13-23(20,17(3,4)5)22-15-11-9-8-10-12-15;3*1-6-19-15(17)13(2)12-21(18,16(3,4)5)20-14-10-8-7-9-11-14/h3*8-12,14H,13H2,1-7H3;3*7-11,13H,6,12H2,1-5H3/t2*23-;;13-,21?;13-,21+;13-,21-/m10.111/s1. The van der Waals surface area contributed by atoms with Gasteiger partial charge >= 0.3 is 35.8 Å². The predicted molar refractivity (Wildman–Crippen MR) is 538 cm³/mol. The van der Waals surface area contributed by atoms with Crippen molar-refractivity contribution in [3.05, 3.63) is 182 Å². The predicted octanol–water partition coefficient (Wildman–Crippen LogP) is 28.4. The van der Waals surface area contributed by atoms with Gasteiger partial charge in [0.25, 0.3) is 44.2 Å². The second kappa shape index (κ2) is 52.6. The second-order valence-electron chi connectivity index (χ2n) is 41.5. The van der Waals surface area contributed by atoms with Crippen molar-refractivity contribution in [2.75, 3.05) is 56.8 Å². The summed E-state index contributed by atoms with van der Waals surface area (Å²) in [5.41, 5.74) is -2.66. The summed E-state index contributed by atoms with van der Waals surface area (Å²) in [6, 6.07) is 54.5. The van der Waals surface area contributed by atoms with Crippen LogP contribution >= 0.6 is 44.2 Å². The topological polar surface area (TPSA) is 316 Å². The third-order valence-corrected chi connectivity index (χ3v) is 42.2. The maximum Gasteiger partial charge on any atom is 0.312 e. The molecule has 0 heterocycles. The molecule has 0 aromatic heterocycles. The van der Waals surface area contributed by atoms with Gasteiger partial charge in [-0.3, -0.25) is 56.2 Å². The molecule has 744 valence electrons. The highest BCUT2D eigenvalue weighted by molar-refractivity contribution is 7.62. The Balaban J connectivity index is 0.000000792. The lowest BCUT2D eigenvalue weighted by molar-refractivity contribution is -0.157. The lowest BCUT2D eigenvalue weighted by Gasteiger charge is -2.36. The van der Waals surface area contributed by atoms with Gasteiger partial charge in [0.05, 0.1) is 90.6 Å². The summed E-state index contributed by atoms with van der Waals surface area (Å²) in [5, 5.41) is -3.41. The summed E-state index contributed by atoms with van der Waals surface area (Å²) in [7, 11) is -18.6. The number of esters is 6. The average molecular weight is 1960 g/mol. The van der Waals surface area contributed by atoms with E-state index in [0.29, 0.717) is 54.3 Å². The number of rotatable bonds is 36. The largest absolute Gasteiger partial charge is 0.466 e.